The van der Waals surface area contributed by atoms with Gasteiger partial charge in [0, 0.05) is 29.7 Å². The molecule has 0 saturated carbocycles. The number of benzene rings is 1. The Kier molecular flexibility index (Phi) is 5.08. The van der Waals surface area contributed by atoms with Crippen LogP contribution in [0.4, 0.5) is 0 Å². The molecule has 0 bridgehead atoms. The van der Waals surface area contributed by atoms with Crippen LogP contribution in [0.25, 0.3) is 0 Å². The minimum absolute atomic E-state index is 0.260. The van der Waals surface area contributed by atoms with Crippen molar-refractivity contribution in [2.75, 3.05) is 20.2 Å². The third-order valence-electron chi connectivity index (χ3n) is 3.96. The standard InChI is InChI=1S/C15H23ClN2O/c1-11(17)12-5-4-8-18(9-12)10-13-14(16)6-3-7-15(13)19-2/h3,6-7,11-12H,4-5,8-10,17H2,1-2H3. The van der Waals surface area contributed by atoms with Gasteiger partial charge in [-0.1, -0.05) is 17.7 Å². The number of likely N-dealkylation sites (tertiary alicyclic amines) is 1. The van der Waals surface area contributed by atoms with Crippen molar-refractivity contribution >= 4 is 11.6 Å². The molecule has 19 heavy (non-hydrogen) atoms. The van der Waals surface area contributed by atoms with Crippen LogP contribution in [-0.4, -0.2) is 31.1 Å². The van der Waals surface area contributed by atoms with Crippen molar-refractivity contribution in [1.29, 1.82) is 0 Å². The Balaban J connectivity index is 2.08. The van der Waals surface area contributed by atoms with Crippen molar-refractivity contribution in [3.63, 3.8) is 0 Å². The summed E-state index contributed by atoms with van der Waals surface area (Å²) >= 11 is 6.29. The molecule has 1 saturated heterocycles. The summed E-state index contributed by atoms with van der Waals surface area (Å²) in [4.78, 5) is 2.43. The normalized spacial score (nSPS) is 22.2. The maximum atomic E-state index is 6.29. The van der Waals surface area contributed by atoms with E-state index in [4.69, 9.17) is 22.1 Å². The zero-order valence-electron chi connectivity index (χ0n) is 11.7. The second-order valence-corrected chi connectivity index (χ2v) is 5.82. The van der Waals surface area contributed by atoms with E-state index in [1.807, 2.05) is 18.2 Å². The van der Waals surface area contributed by atoms with Crippen molar-refractivity contribution < 1.29 is 4.74 Å². The largest absolute Gasteiger partial charge is 0.496 e. The van der Waals surface area contributed by atoms with Crippen LogP contribution in [0.5, 0.6) is 5.75 Å². The minimum atomic E-state index is 0.260. The topological polar surface area (TPSA) is 38.5 Å². The third-order valence-corrected chi connectivity index (χ3v) is 4.32. The second kappa shape index (κ2) is 6.60. The molecule has 2 N–H and O–H groups in total. The lowest BCUT2D eigenvalue weighted by Gasteiger charge is -2.35. The molecule has 0 amide bonds. The lowest BCUT2D eigenvalue weighted by molar-refractivity contribution is 0.153. The molecule has 0 aliphatic carbocycles. The van der Waals surface area contributed by atoms with E-state index in [0.29, 0.717) is 5.92 Å². The molecule has 4 heteroatoms. The molecule has 106 valence electrons. The summed E-state index contributed by atoms with van der Waals surface area (Å²) in [5, 5.41) is 0.780. The fourth-order valence-corrected chi connectivity index (χ4v) is 3.00. The van der Waals surface area contributed by atoms with Crippen LogP contribution < -0.4 is 10.5 Å². The highest BCUT2D eigenvalue weighted by atomic mass is 35.5. The molecule has 3 nitrogen and oxygen atoms in total. The highest BCUT2D eigenvalue weighted by molar-refractivity contribution is 6.31. The highest BCUT2D eigenvalue weighted by Crippen LogP contribution is 2.29. The molecule has 1 fully saturated rings. The first kappa shape index (κ1) is 14.6. The number of halogens is 1. The van der Waals surface area contributed by atoms with Crippen LogP contribution in [0.3, 0.4) is 0 Å². The van der Waals surface area contributed by atoms with Crippen LogP contribution in [0.2, 0.25) is 5.02 Å². The lowest BCUT2D eigenvalue weighted by atomic mass is 9.92. The summed E-state index contributed by atoms with van der Waals surface area (Å²) < 4.78 is 5.41. The molecular weight excluding hydrogens is 260 g/mol. The molecule has 0 spiro atoms. The van der Waals surface area contributed by atoms with Crippen LogP contribution in [0, 0.1) is 5.92 Å². The van der Waals surface area contributed by atoms with Crippen molar-refractivity contribution in [1.82, 2.24) is 4.90 Å². The first-order valence-corrected chi connectivity index (χ1v) is 7.29. The van der Waals surface area contributed by atoms with E-state index in [2.05, 4.69) is 11.8 Å². The number of nitrogens with zero attached hydrogens (tertiary/aromatic N) is 1. The Labute approximate surface area is 120 Å². The first-order chi connectivity index (χ1) is 9.11. The Morgan fingerprint density at radius 2 is 2.32 bits per heavy atom. The molecule has 0 aromatic heterocycles. The molecule has 2 rings (SSSR count). The van der Waals surface area contributed by atoms with Gasteiger partial charge in [0.1, 0.15) is 5.75 Å². The number of methoxy groups -OCH3 is 1. The van der Waals surface area contributed by atoms with Gasteiger partial charge in [0.15, 0.2) is 0 Å². The van der Waals surface area contributed by atoms with Crippen molar-refractivity contribution in [3.05, 3.63) is 28.8 Å². The summed E-state index contributed by atoms with van der Waals surface area (Å²) in [6, 6.07) is 6.07. The number of rotatable bonds is 4. The highest BCUT2D eigenvalue weighted by Gasteiger charge is 2.23. The molecule has 2 unspecified atom stereocenters. The third kappa shape index (κ3) is 3.62. The number of hydrogen-bond donors (Lipinski definition) is 1. The maximum absolute atomic E-state index is 6.29. The lowest BCUT2D eigenvalue weighted by Crippen LogP contribution is -2.42. The van der Waals surface area contributed by atoms with Gasteiger partial charge < -0.3 is 10.5 Å². The van der Waals surface area contributed by atoms with E-state index in [9.17, 15) is 0 Å². The monoisotopic (exact) mass is 282 g/mol. The van der Waals surface area contributed by atoms with E-state index in [1.54, 1.807) is 7.11 Å². The average molecular weight is 283 g/mol. The number of ether oxygens (including phenoxy) is 1. The van der Waals surface area contributed by atoms with Crippen molar-refractivity contribution in [3.8, 4) is 5.75 Å². The number of hydrogen-bond acceptors (Lipinski definition) is 3. The Morgan fingerprint density at radius 1 is 1.53 bits per heavy atom. The van der Waals surface area contributed by atoms with Gasteiger partial charge in [-0.3, -0.25) is 4.90 Å². The zero-order valence-corrected chi connectivity index (χ0v) is 12.5. The van der Waals surface area contributed by atoms with Gasteiger partial charge in [-0.2, -0.15) is 0 Å². The summed E-state index contributed by atoms with van der Waals surface area (Å²) in [6.45, 7) is 5.10. The van der Waals surface area contributed by atoms with Gasteiger partial charge >= 0.3 is 0 Å². The van der Waals surface area contributed by atoms with Gasteiger partial charge in [0.25, 0.3) is 0 Å². The Bertz CT molecular complexity index is 423. The predicted molar refractivity (Wildman–Crippen MR) is 79.7 cm³/mol. The SMILES string of the molecule is COc1cccc(Cl)c1CN1CCCC(C(C)N)C1. The Morgan fingerprint density at radius 3 is 3.00 bits per heavy atom. The predicted octanol–water partition coefficient (Wildman–Crippen LogP) is 2.91. The van der Waals surface area contributed by atoms with Gasteiger partial charge in [-0.25, -0.2) is 0 Å². The fourth-order valence-electron chi connectivity index (χ4n) is 2.77. The molecule has 1 aromatic carbocycles. The molecule has 1 aliphatic rings. The second-order valence-electron chi connectivity index (χ2n) is 5.42. The maximum Gasteiger partial charge on any atom is 0.124 e. The van der Waals surface area contributed by atoms with Gasteiger partial charge in [-0.05, 0) is 44.4 Å². The smallest absolute Gasteiger partial charge is 0.124 e. The van der Waals surface area contributed by atoms with E-state index in [0.717, 1.165) is 36.0 Å². The fraction of sp³-hybridized carbons (Fsp3) is 0.600. The van der Waals surface area contributed by atoms with E-state index < -0.39 is 0 Å². The van der Waals surface area contributed by atoms with Crippen molar-refractivity contribution in [2.45, 2.75) is 32.4 Å². The summed E-state index contributed by atoms with van der Waals surface area (Å²) in [7, 11) is 1.69. The van der Waals surface area contributed by atoms with Crippen LogP contribution >= 0.6 is 11.6 Å². The van der Waals surface area contributed by atoms with Crippen LogP contribution in [-0.2, 0) is 6.54 Å². The summed E-state index contributed by atoms with van der Waals surface area (Å²) in [6.07, 6.45) is 2.44. The van der Waals surface area contributed by atoms with Gasteiger partial charge in [-0.15, -0.1) is 0 Å². The zero-order chi connectivity index (χ0) is 13.8. The van der Waals surface area contributed by atoms with Crippen LogP contribution in [0.15, 0.2) is 18.2 Å². The van der Waals surface area contributed by atoms with Gasteiger partial charge in [0.05, 0.1) is 7.11 Å². The van der Waals surface area contributed by atoms with E-state index >= 15 is 0 Å². The molecule has 1 aromatic rings. The minimum Gasteiger partial charge on any atom is -0.496 e. The number of piperidine rings is 1. The first-order valence-electron chi connectivity index (χ1n) is 6.91. The van der Waals surface area contributed by atoms with E-state index in [1.165, 1.54) is 12.8 Å². The summed E-state index contributed by atoms with van der Waals surface area (Å²) in [5.74, 6) is 1.46. The molecular formula is C15H23ClN2O. The van der Waals surface area contributed by atoms with Crippen LogP contribution in [0.1, 0.15) is 25.3 Å². The van der Waals surface area contributed by atoms with E-state index in [-0.39, 0.29) is 6.04 Å². The molecule has 2 atom stereocenters. The Hall–Kier alpha value is -0.770. The molecule has 1 heterocycles. The molecule has 1 aliphatic heterocycles. The average Bonchev–Trinajstić information content (AvgIpc) is 2.41. The number of nitrogens with two attached hydrogens (primary N) is 1. The van der Waals surface area contributed by atoms with Crippen molar-refractivity contribution in [2.24, 2.45) is 11.7 Å². The molecule has 0 radical (unpaired) electrons. The summed E-state index contributed by atoms with van der Waals surface area (Å²) in [5.41, 5.74) is 7.11. The van der Waals surface area contributed by atoms with Gasteiger partial charge in [0.2, 0.25) is 0 Å². The quantitative estimate of drug-likeness (QED) is 0.923.